The van der Waals surface area contributed by atoms with Crippen molar-refractivity contribution in [2.45, 2.75) is 44.9 Å². The van der Waals surface area contributed by atoms with Crippen LogP contribution in [0.15, 0.2) is 133 Å². The van der Waals surface area contributed by atoms with E-state index >= 15 is 0 Å². The Morgan fingerprint density at radius 3 is 0.597 bits per heavy atom. The van der Waals surface area contributed by atoms with Gasteiger partial charge in [-0.05, 0) is 159 Å². The van der Waals surface area contributed by atoms with E-state index in [1.165, 1.54) is 13.8 Å². The fourth-order valence-electron chi connectivity index (χ4n) is 14.9. The molecule has 0 heterocycles. The summed E-state index contributed by atoms with van der Waals surface area (Å²) in [7, 11) is 6.55. The summed E-state index contributed by atoms with van der Waals surface area (Å²) in [6.07, 6.45) is 1.85. The van der Waals surface area contributed by atoms with E-state index in [9.17, 15) is 19.2 Å². The van der Waals surface area contributed by atoms with Crippen LogP contribution in [-0.4, -0.2) is 435 Å². The summed E-state index contributed by atoms with van der Waals surface area (Å²) >= 11 is 0. The van der Waals surface area contributed by atoms with Gasteiger partial charge in [-0.2, -0.15) is 0 Å². The Bertz CT molecular complexity index is 4140. The summed E-state index contributed by atoms with van der Waals surface area (Å²) in [6, 6.07) is 41.8. The molecule has 7 rings (SSSR count). The van der Waals surface area contributed by atoms with Crippen LogP contribution < -0.4 is 9.80 Å². The Kier molecular flexibility index (Phi) is 73.9. The van der Waals surface area contributed by atoms with Crippen molar-refractivity contribution in [3.8, 4) is 34.8 Å². The molecule has 1 aliphatic rings. The minimum atomic E-state index is -0.762. The van der Waals surface area contributed by atoms with Gasteiger partial charge in [0.15, 0.2) is 11.6 Å². The van der Waals surface area contributed by atoms with Gasteiger partial charge in [-0.3, -0.25) is 9.59 Å². The second-order valence-corrected chi connectivity index (χ2v) is 33.6. The lowest BCUT2D eigenvalue weighted by Crippen LogP contribution is -2.31. The van der Waals surface area contributed by atoms with Crippen LogP contribution in [-0.2, 0) is 148 Å². The zero-order chi connectivity index (χ0) is 105. The van der Waals surface area contributed by atoms with Crippen molar-refractivity contribution in [3.05, 3.63) is 189 Å². The first kappa shape index (κ1) is 127. The van der Waals surface area contributed by atoms with E-state index in [0.29, 0.717) is 418 Å². The number of fused-ring (bicyclic) bond motifs is 3. The van der Waals surface area contributed by atoms with Crippen LogP contribution in [0.4, 0.5) is 11.4 Å². The normalized spacial score (nSPS) is 11.9. The van der Waals surface area contributed by atoms with E-state index in [4.69, 9.17) is 142 Å². The van der Waals surface area contributed by atoms with E-state index < -0.39 is 17.4 Å². The smallest absolute Gasteiger partial charge is 0.338 e. The largest absolute Gasteiger partial charge is 0.462 e. The summed E-state index contributed by atoms with van der Waals surface area (Å²) in [5.74, 6) is 12.7. The Morgan fingerprint density at radius 2 is 0.396 bits per heavy atom. The highest BCUT2D eigenvalue weighted by Crippen LogP contribution is 2.54. The fourth-order valence-corrected chi connectivity index (χ4v) is 14.9. The number of ketones is 2. The molecule has 149 heavy (non-hydrogen) atoms. The molecule has 0 amide bonds. The average molecular weight is 2090 g/mol. The third kappa shape index (κ3) is 58.7. The maximum absolute atomic E-state index is 13.8. The summed E-state index contributed by atoms with van der Waals surface area (Å²) in [6.45, 7) is 29.2. The third-order valence-electron chi connectivity index (χ3n) is 22.7. The van der Waals surface area contributed by atoms with Crippen LogP contribution in [0.2, 0.25) is 0 Å². The molecule has 0 bridgehead atoms. The maximum Gasteiger partial charge on any atom is 0.338 e. The predicted octanol–water partition coefficient (Wildman–Crippen LogP) is 11.0. The quantitative estimate of drug-likeness (QED) is 0.0148. The van der Waals surface area contributed by atoms with E-state index in [0.717, 1.165) is 55.9 Å². The van der Waals surface area contributed by atoms with Crippen molar-refractivity contribution < 1.29 is 161 Å². The topological polar surface area (TPSA) is 352 Å². The lowest BCUT2D eigenvalue weighted by Gasteiger charge is -2.33. The van der Waals surface area contributed by atoms with Gasteiger partial charge in [0.1, 0.15) is 0 Å². The molecule has 0 N–H and O–H groups in total. The van der Waals surface area contributed by atoms with Crippen molar-refractivity contribution in [2.24, 2.45) is 0 Å². The lowest BCUT2D eigenvalue weighted by molar-refractivity contribution is -0.0192. The van der Waals surface area contributed by atoms with Gasteiger partial charge in [0, 0.05) is 105 Å². The van der Waals surface area contributed by atoms with Crippen LogP contribution in [0.3, 0.4) is 0 Å². The predicted molar refractivity (Wildman–Crippen MR) is 561 cm³/mol. The number of ether oxygens (including phenoxy) is 30. The number of carbonyl (C=O) groups excluding carboxylic acids is 4. The van der Waals surface area contributed by atoms with Crippen LogP contribution in [0.1, 0.15) is 114 Å². The number of anilines is 2. The molecule has 0 unspecified atom stereocenters. The Balaban J connectivity index is 1.04. The second-order valence-electron chi connectivity index (χ2n) is 33.6. The molecule has 0 radical (unpaired) electrons. The molecule has 36 nitrogen and oxygen atoms in total. The van der Waals surface area contributed by atoms with Crippen molar-refractivity contribution in [1.82, 2.24) is 0 Å². The standard InChI is InChI=1S/C113H164N2O34/c1-95(116)101-19-23-103(24-20-101)111(118)148-39-7-33-113(34-8-40-149-112(119)104-25-21-102(22-26-104)96(2)117)109-93-99(11-9-97-13-27-105(28-14-97)114(35-41-124-53-57-132-69-73-140-85-89-144-81-77-136-65-61-128-49-45-120-3)36-42-125-54-58-133-70-74-141-86-90-145-82-78-137-66-62-129-50-46-121-4)17-31-107(109)108-32-18-100(94-110(108)113)12-10-98-15-29-106(30-16-98)115(37-43-126-55-59-134-71-75-142-87-91-146-83-79-138-67-63-130-51-47-122-5)38-44-127-56-60-135-72-76-143-88-92-147-84-80-139-68-64-131-52-48-123-6/h13-32,93-94H,7-8,33-92H2,1-6H3. The molecule has 0 spiro atoms. The number of esters is 2. The van der Waals surface area contributed by atoms with Gasteiger partial charge in [0.2, 0.25) is 0 Å². The summed E-state index contributed by atoms with van der Waals surface area (Å²) in [5.41, 5.74) is 9.90. The number of methoxy groups -OCH3 is 4. The Morgan fingerprint density at radius 1 is 0.215 bits per heavy atom. The van der Waals surface area contributed by atoms with E-state index in [1.54, 1.807) is 77.0 Å². The monoisotopic (exact) mass is 2090 g/mol. The number of benzene rings is 6. The minimum Gasteiger partial charge on any atom is -0.462 e. The van der Waals surface area contributed by atoms with Gasteiger partial charge < -0.3 is 152 Å². The molecular formula is C113H164N2O34. The van der Waals surface area contributed by atoms with Gasteiger partial charge in [0.25, 0.3) is 0 Å². The molecule has 0 saturated heterocycles. The van der Waals surface area contributed by atoms with E-state index in [2.05, 4.69) is 82.0 Å². The molecule has 0 saturated carbocycles. The molecule has 36 heteroatoms. The van der Waals surface area contributed by atoms with Gasteiger partial charge in [0.05, 0.1) is 368 Å². The first-order valence-corrected chi connectivity index (χ1v) is 51.9. The van der Waals surface area contributed by atoms with Crippen molar-refractivity contribution in [3.63, 3.8) is 0 Å². The number of hydrogen-bond donors (Lipinski definition) is 0. The maximum atomic E-state index is 13.8. The first-order valence-electron chi connectivity index (χ1n) is 51.9. The fraction of sp³-hybridized carbons (Fsp3) is 0.611. The van der Waals surface area contributed by atoms with E-state index in [1.807, 2.05) is 36.4 Å². The molecule has 6 aromatic carbocycles. The molecule has 830 valence electrons. The highest BCUT2D eigenvalue weighted by atomic mass is 16.6. The number of rotatable bonds is 98. The van der Waals surface area contributed by atoms with Gasteiger partial charge in [-0.1, -0.05) is 60.1 Å². The zero-order valence-corrected chi connectivity index (χ0v) is 88.8. The van der Waals surface area contributed by atoms with Crippen molar-refractivity contribution in [1.29, 1.82) is 0 Å². The molecular weight excluding hydrogens is 1930 g/mol. The Hall–Kier alpha value is -8.80. The summed E-state index contributed by atoms with van der Waals surface area (Å²) in [5, 5.41) is 0. The second kappa shape index (κ2) is 86.6. The zero-order valence-electron chi connectivity index (χ0n) is 88.8. The van der Waals surface area contributed by atoms with Gasteiger partial charge in [-0.25, -0.2) is 9.59 Å². The lowest BCUT2D eigenvalue weighted by atomic mass is 9.71. The number of nitrogens with zero attached hydrogens (tertiary/aromatic N) is 2. The molecule has 0 aromatic heterocycles. The average Bonchev–Trinajstić information content (AvgIpc) is 1.56. The highest BCUT2D eigenvalue weighted by Gasteiger charge is 2.43. The molecule has 0 atom stereocenters. The molecule has 6 aromatic rings. The van der Waals surface area contributed by atoms with Crippen LogP contribution in [0, 0.1) is 23.7 Å². The van der Waals surface area contributed by atoms with Gasteiger partial charge in [-0.15, -0.1) is 0 Å². The SMILES string of the molecule is COCCOCCOCCOCCOCCOCCOCCN(CCOCCOCCOCCOCCOCCOCCOC)c1ccc(C#Cc2ccc3c(c2)C(CCCOC(=O)c2ccc(C(C)=O)cc2)(CCCOC(=O)c2ccc(C(C)=O)cc2)c2cc(C#Cc4ccc(N(CCOCCOCCOCCOCCOCCOCCOC)CCOCCOCCOCCOCCOCCOCCOC)cc4)ccc2-3)cc1. The van der Waals surface area contributed by atoms with Crippen LogP contribution >= 0.6 is 0 Å². The van der Waals surface area contributed by atoms with Crippen molar-refractivity contribution in [2.75, 3.05) is 421 Å². The Labute approximate surface area is 881 Å². The third-order valence-corrected chi connectivity index (χ3v) is 22.7. The van der Waals surface area contributed by atoms with Gasteiger partial charge >= 0.3 is 11.9 Å². The number of carbonyl (C=O) groups is 4. The highest BCUT2D eigenvalue weighted by molar-refractivity contribution is 5.97. The van der Waals surface area contributed by atoms with E-state index in [-0.39, 0.29) is 24.8 Å². The number of hydrogen-bond acceptors (Lipinski definition) is 36. The van der Waals surface area contributed by atoms with Crippen LogP contribution in [0.5, 0.6) is 0 Å². The summed E-state index contributed by atoms with van der Waals surface area (Å²) in [4.78, 5) is 56.4. The molecule has 1 aliphatic carbocycles. The first-order chi connectivity index (χ1) is 73.5. The van der Waals surface area contributed by atoms with Crippen molar-refractivity contribution >= 4 is 34.9 Å². The van der Waals surface area contributed by atoms with Crippen LogP contribution in [0.25, 0.3) is 11.1 Å². The summed E-state index contributed by atoms with van der Waals surface area (Å²) < 4.78 is 169. The molecule has 0 aliphatic heterocycles. The molecule has 0 fully saturated rings. The minimum absolute atomic E-state index is 0.0714. The number of Topliss-reactive ketones (excluding diaryl/α,β-unsaturated/α-hetero) is 2.